The molecule has 3 rings (SSSR count). The van der Waals surface area contributed by atoms with E-state index in [1.54, 1.807) is 4.90 Å². The fraction of sp³-hybridized carbons (Fsp3) is 0.684. The largest absolute Gasteiger partial charge is 0.337 e. The van der Waals surface area contributed by atoms with Gasteiger partial charge < -0.3 is 4.90 Å². The van der Waals surface area contributed by atoms with E-state index in [0.717, 1.165) is 39.0 Å². The minimum Gasteiger partial charge on any atom is -0.337 e. The van der Waals surface area contributed by atoms with E-state index in [1.807, 2.05) is 27.7 Å². The Hall–Kier alpha value is -1.49. The van der Waals surface area contributed by atoms with E-state index in [-0.39, 0.29) is 11.7 Å². The lowest BCUT2D eigenvalue weighted by atomic mass is 10.0. The molecule has 1 aromatic rings. The SMILES string of the molecule is CC.CC.CC1CN(Cc2nc(C(=O)N3CCCC3)ccc2F)C1. The topological polar surface area (TPSA) is 36.4 Å². The van der Waals surface area contributed by atoms with Crippen molar-refractivity contribution in [3.05, 3.63) is 29.3 Å². The number of aromatic nitrogens is 1. The number of halogens is 1. The van der Waals surface area contributed by atoms with E-state index in [9.17, 15) is 9.18 Å². The van der Waals surface area contributed by atoms with Crippen LogP contribution >= 0.6 is 0 Å². The highest BCUT2D eigenvalue weighted by atomic mass is 19.1. The number of carbonyl (C=O) groups is 1. The number of rotatable bonds is 3. The van der Waals surface area contributed by atoms with E-state index in [2.05, 4.69) is 16.8 Å². The third-order valence-corrected chi connectivity index (χ3v) is 4.04. The summed E-state index contributed by atoms with van der Waals surface area (Å²) in [5, 5.41) is 0. The Morgan fingerprint density at radius 2 is 1.75 bits per heavy atom. The Morgan fingerprint density at radius 1 is 1.17 bits per heavy atom. The van der Waals surface area contributed by atoms with Crippen molar-refractivity contribution in [1.29, 1.82) is 0 Å². The highest BCUT2D eigenvalue weighted by Crippen LogP contribution is 2.19. The molecule has 0 radical (unpaired) electrons. The zero-order valence-electron chi connectivity index (χ0n) is 15.8. The smallest absolute Gasteiger partial charge is 0.272 e. The van der Waals surface area contributed by atoms with Crippen LogP contribution in [0.4, 0.5) is 4.39 Å². The second-order valence-corrected chi connectivity index (χ2v) is 5.92. The van der Waals surface area contributed by atoms with Crippen LogP contribution in [-0.4, -0.2) is 46.9 Å². The zero-order valence-corrected chi connectivity index (χ0v) is 15.8. The molecule has 4 nitrogen and oxygen atoms in total. The van der Waals surface area contributed by atoms with Gasteiger partial charge in [-0.1, -0.05) is 34.6 Å². The first kappa shape index (κ1) is 20.6. The highest BCUT2D eigenvalue weighted by Gasteiger charge is 2.25. The number of carbonyl (C=O) groups excluding carboxylic acids is 1. The number of likely N-dealkylation sites (tertiary alicyclic amines) is 2. The Labute approximate surface area is 146 Å². The van der Waals surface area contributed by atoms with E-state index in [4.69, 9.17) is 0 Å². The lowest BCUT2D eigenvalue weighted by molar-refractivity contribution is 0.0784. The van der Waals surface area contributed by atoms with Gasteiger partial charge in [0.2, 0.25) is 0 Å². The van der Waals surface area contributed by atoms with Gasteiger partial charge in [-0.05, 0) is 30.9 Å². The molecule has 0 bridgehead atoms. The summed E-state index contributed by atoms with van der Waals surface area (Å²) in [6.07, 6.45) is 2.09. The fourth-order valence-corrected chi connectivity index (χ4v) is 2.97. The molecule has 0 atom stereocenters. The lowest BCUT2D eigenvalue weighted by Crippen LogP contribution is -2.44. The van der Waals surface area contributed by atoms with Gasteiger partial charge in [-0.25, -0.2) is 9.37 Å². The maximum atomic E-state index is 13.8. The molecule has 3 heterocycles. The van der Waals surface area contributed by atoms with Gasteiger partial charge in [-0.3, -0.25) is 9.69 Å². The van der Waals surface area contributed by atoms with Crippen molar-refractivity contribution in [3.63, 3.8) is 0 Å². The van der Waals surface area contributed by atoms with Crippen LogP contribution in [0.5, 0.6) is 0 Å². The van der Waals surface area contributed by atoms with Crippen molar-refractivity contribution in [1.82, 2.24) is 14.8 Å². The summed E-state index contributed by atoms with van der Waals surface area (Å²) >= 11 is 0. The molecule has 2 saturated heterocycles. The number of amides is 1. The average Bonchev–Trinajstić information content (AvgIpc) is 3.13. The maximum absolute atomic E-state index is 13.8. The zero-order chi connectivity index (χ0) is 18.1. The first-order chi connectivity index (χ1) is 11.6. The van der Waals surface area contributed by atoms with Crippen LogP contribution in [0.2, 0.25) is 0 Å². The normalized spacial score (nSPS) is 17.3. The van der Waals surface area contributed by atoms with Crippen molar-refractivity contribution in [2.75, 3.05) is 26.2 Å². The minimum absolute atomic E-state index is 0.0688. The van der Waals surface area contributed by atoms with Crippen LogP contribution in [0.1, 0.15) is 63.6 Å². The third kappa shape index (κ3) is 5.26. The Kier molecular flexibility index (Phi) is 8.90. The lowest BCUT2D eigenvalue weighted by Gasteiger charge is -2.36. The van der Waals surface area contributed by atoms with Gasteiger partial charge in [0, 0.05) is 32.7 Å². The number of hydrogen-bond donors (Lipinski definition) is 0. The molecule has 0 spiro atoms. The van der Waals surface area contributed by atoms with Gasteiger partial charge in [0.05, 0.1) is 5.69 Å². The fourth-order valence-electron chi connectivity index (χ4n) is 2.97. The summed E-state index contributed by atoms with van der Waals surface area (Å²) in [6.45, 7) is 14.2. The molecule has 5 heteroatoms. The van der Waals surface area contributed by atoms with Gasteiger partial charge in [-0.2, -0.15) is 0 Å². The molecule has 1 amide bonds. The van der Waals surface area contributed by atoms with E-state index < -0.39 is 0 Å². The van der Waals surface area contributed by atoms with Gasteiger partial charge in [-0.15, -0.1) is 0 Å². The summed E-state index contributed by atoms with van der Waals surface area (Å²) in [4.78, 5) is 20.5. The molecule has 0 N–H and O–H groups in total. The second kappa shape index (κ2) is 10.4. The van der Waals surface area contributed by atoms with Gasteiger partial charge >= 0.3 is 0 Å². The van der Waals surface area contributed by atoms with Crippen molar-refractivity contribution in [2.24, 2.45) is 5.92 Å². The molecule has 0 unspecified atom stereocenters. The van der Waals surface area contributed by atoms with Crippen molar-refractivity contribution >= 4 is 5.91 Å². The van der Waals surface area contributed by atoms with Crippen molar-refractivity contribution in [3.8, 4) is 0 Å². The van der Waals surface area contributed by atoms with Crippen molar-refractivity contribution < 1.29 is 9.18 Å². The summed E-state index contributed by atoms with van der Waals surface area (Å²) in [5.41, 5.74) is 0.763. The molecule has 24 heavy (non-hydrogen) atoms. The number of hydrogen-bond acceptors (Lipinski definition) is 3. The molecule has 0 aliphatic carbocycles. The maximum Gasteiger partial charge on any atom is 0.272 e. The predicted molar refractivity (Wildman–Crippen MR) is 96.5 cm³/mol. The van der Waals surface area contributed by atoms with Gasteiger partial charge in [0.1, 0.15) is 11.5 Å². The third-order valence-electron chi connectivity index (χ3n) is 4.04. The van der Waals surface area contributed by atoms with E-state index in [1.165, 1.54) is 12.1 Å². The van der Waals surface area contributed by atoms with Crippen LogP contribution in [0, 0.1) is 11.7 Å². The highest BCUT2D eigenvalue weighted by molar-refractivity contribution is 5.92. The molecule has 136 valence electrons. The first-order valence-electron chi connectivity index (χ1n) is 9.30. The molecular weight excluding hydrogens is 305 g/mol. The minimum atomic E-state index is -0.317. The van der Waals surface area contributed by atoms with Crippen LogP contribution in [0.25, 0.3) is 0 Å². The first-order valence-corrected chi connectivity index (χ1v) is 9.30. The molecular formula is C19H32FN3O. The Morgan fingerprint density at radius 3 is 2.29 bits per heavy atom. The second-order valence-electron chi connectivity index (χ2n) is 5.92. The van der Waals surface area contributed by atoms with Crippen LogP contribution in [-0.2, 0) is 6.54 Å². The summed E-state index contributed by atoms with van der Waals surface area (Å²) in [7, 11) is 0. The van der Waals surface area contributed by atoms with Gasteiger partial charge in [0.25, 0.3) is 5.91 Å². The molecule has 0 aromatic carbocycles. The molecule has 1 aromatic heterocycles. The van der Waals surface area contributed by atoms with Crippen LogP contribution in [0.15, 0.2) is 12.1 Å². The number of pyridine rings is 1. The van der Waals surface area contributed by atoms with Crippen molar-refractivity contribution in [2.45, 2.75) is 54.0 Å². The standard InChI is InChI=1S/C15H20FN3O.2C2H6/c1-11-8-18(9-11)10-14-12(16)4-5-13(17-14)15(20)19-6-2-3-7-19;2*1-2/h4-5,11H,2-3,6-10H2,1H3;2*1-2H3. The van der Waals surface area contributed by atoms with Crippen LogP contribution in [0.3, 0.4) is 0 Å². The molecule has 2 fully saturated rings. The average molecular weight is 337 g/mol. The quantitative estimate of drug-likeness (QED) is 0.837. The Balaban J connectivity index is 0.000000671. The summed E-state index contributed by atoms with van der Waals surface area (Å²) < 4.78 is 13.8. The number of nitrogens with zero attached hydrogens (tertiary/aromatic N) is 3. The van der Waals surface area contributed by atoms with Crippen LogP contribution < -0.4 is 0 Å². The van der Waals surface area contributed by atoms with E-state index >= 15 is 0 Å². The van der Waals surface area contributed by atoms with Gasteiger partial charge in [0.15, 0.2) is 0 Å². The summed E-state index contributed by atoms with van der Waals surface area (Å²) in [5.74, 6) is 0.288. The molecule has 0 saturated carbocycles. The van der Waals surface area contributed by atoms with E-state index in [0.29, 0.717) is 23.9 Å². The molecule has 2 aliphatic heterocycles. The monoisotopic (exact) mass is 337 g/mol. The predicted octanol–water partition coefficient (Wildman–Crippen LogP) is 3.96. The Bertz CT molecular complexity index is 509. The molecule has 2 aliphatic rings. The summed E-state index contributed by atoms with van der Waals surface area (Å²) in [6, 6.07) is 2.87.